The summed E-state index contributed by atoms with van der Waals surface area (Å²) in [6, 6.07) is 5.59. The molecular weight excluding hydrogens is 262 g/mol. The molecule has 0 aliphatic rings. The predicted octanol–water partition coefficient (Wildman–Crippen LogP) is 2.50. The summed E-state index contributed by atoms with van der Waals surface area (Å²) < 4.78 is 10.9. The van der Waals surface area contributed by atoms with Crippen LogP contribution in [-0.2, 0) is 0 Å². The minimum Gasteiger partial charge on any atom is -0.493 e. The van der Waals surface area contributed by atoms with Crippen LogP contribution in [0.5, 0.6) is 11.5 Å². The number of hydrogen-bond donors (Lipinski definition) is 1. The van der Waals surface area contributed by atoms with E-state index < -0.39 is 0 Å². The number of rotatable bonds is 6. The van der Waals surface area contributed by atoms with Gasteiger partial charge in [-0.05, 0) is 36.4 Å². The van der Waals surface area contributed by atoms with Crippen molar-refractivity contribution >= 4 is 23.1 Å². The first kappa shape index (κ1) is 15.4. The normalized spacial score (nSPS) is 11.8. The summed E-state index contributed by atoms with van der Waals surface area (Å²) in [7, 11) is 1.62. The molecule has 5 nitrogen and oxygen atoms in total. The average Bonchev–Trinajstić information content (AvgIpc) is 2.45. The summed E-state index contributed by atoms with van der Waals surface area (Å²) in [4.78, 5) is 0. The van der Waals surface area contributed by atoms with E-state index in [1.54, 1.807) is 13.3 Å². The van der Waals surface area contributed by atoms with Gasteiger partial charge in [0.25, 0.3) is 0 Å². The molecule has 0 saturated heterocycles. The lowest BCUT2D eigenvalue weighted by Gasteiger charge is -2.10. The maximum Gasteiger partial charge on any atom is 0.180 e. The average molecular weight is 281 g/mol. The zero-order valence-corrected chi connectivity index (χ0v) is 12.2. The van der Waals surface area contributed by atoms with Gasteiger partial charge in [-0.25, -0.2) is 0 Å². The van der Waals surface area contributed by atoms with E-state index in [1.165, 1.54) is 11.8 Å². The van der Waals surface area contributed by atoms with Crippen molar-refractivity contribution in [2.45, 2.75) is 13.3 Å². The van der Waals surface area contributed by atoms with Gasteiger partial charge in [0.2, 0.25) is 0 Å². The Balaban J connectivity index is 2.85. The Labute approximate surface area is 117 Å². The smallest absolute Gasteiger partial charge is 0.180 e. The molecule has 19 heavy (non-hydrogen) atoms. The van der Waals surface area contributed by atoms with Crippen molar-refractivity contribution in [3.63, 3.8) is 0 Å². The quantitative estimate of drug-likeness (QED) is 0.494. The first-order chi connectivity index (χ1) is 9.21. The number of hydrogen-bond acceptors (Lipinski definition) is 5. The lowest BCUT2D eigenvalue weighted by Crippen LogP contribution is -2.04. The lowest BCUT2D eigenvalue weighted by molar-refractivity contribution is 0.294. The monoisotopic (exact) mass is 281 g/mol. The van der Waals surface area contributed by atoms with Gasteiger partial charge >= 0.3 is 0 Å². The Bertz CT molecular complexity index is 461. The second-order valence-corrected chi connectivity index (χ2v) is 4.47. The zero-order valence-electron chi connectivity index (χ0n) is 11.4. The molecule has 0 heterocycles. The topological polar surface area (TPSA) is 69.2 Å². The highest BCUT2D eigenvalue weighted by Gasteiger charge is 2.04. The zero-order chi connectivity index (χ0) is 14.1. The van der Waals surface area contributed by atoms with Gasteiger partial charge in [0.05, 0.1) is 19.9 Å². The molecule has 0 aliphatic carbocycles. The van der Waals surface area contributed by atoms with Crippen molar-refractivity contribution in [3.8, 4) is 11.5 Å². The number of benzene rings is 1. The van der Waals surface area contributed by atoms with E-state index in [9.17, 15) is 0 Å². The fraction of sp³-hybridized carbons (Fsp3) is 0.385. The first-order valence-corrected chi connectivity index (χ1v) is 7.15. The van der Waals surface area contributed by atoms with Gasteiger partial charge in [0, 0.05) is 0 Å². The largest absolute Gasteiger partial charge is 0.493 e. The summed E-state index contributed by atoms with van der Waals surface area (Å²) >= 11 is 1.35. The highest BCUT2D eigenvalue weighted by atomic mass is 32.2. The summed E-state index contributed by atoms with van der Waals surface area (Å²) in [5.74, 6) is 1.41. The third kappa shape index (κ3) is 5.21. The standard InChI is InChI=1S/C13H19N3O2S/c1-4-7-18-12-8-10(5-6-11(12)17-2)9-15-16-13(14)19-3/h5-6,8-9H,4,7H2,1-3H3,(H2,14,16)/b15-9-. The third-order valence-corrected chi connectivity index (χ3v) is 2.72. The fourth-order valence-corrected chi connectivity index (χ4v) is 1.42. The second kappa shape index (κ2) is 8.42. The van der Waals surface area contributed by atoms with Crippen LogP contribution in [0.2, 0.25) is 0 Å². The van der Waals surface area contributed by atoms with E-state index >= 15 is 0 Å². The van der Waals surface area contributed by atoms with Crippen LogP contribution < -0.4 is 15.2 Å². The second-order valence-electron chi connectivity index (χ2n) is 3.65. The van der Waals surface area contributed by atoms with E-state index in [2.05, 4.69) is 17.1 Å². The maximum atomic E-state index is 5.62. The van der Waals surface area contributed by atoms with Crippen LogP contribution in [0, 0.1) is 0 Å². The summed E-state index contributed by atoms with van der Waals surface area (Å²) in [5.41, 5.74) is 6.41. The molecule has 0 unspecified atom stereocenters. The highest BCUT2D eigenvalue weighted by Crippen LogP contribution is 2.27. The fourth-order valence-electron chi connectivity index (χ4n) is 1.29. The van der Waals surface area contributed by atoms with Gasteiger partial charge in [-0.1, -0.05) is 18.7 Å². The number of nitrogens with zero attached hydrogens (tertiary/aromatic N) is 2. The molecule has 0 radical (unpaired) electrons. The summed E-state index contributed by atoms with van der Waals surface area (Å²) in [6.45, 7) is 2.70. The minimum atomic E-state index is 0.423. The molecule has 104 valence electrons. The molecule has 0 amide bonds. The van der Waals surface area contributed by atoms with Crippen LogP contribution in [0.15, 0.2) is 28.4 Å². The number of methoxy groups -OCH3 is 1. The van der Waals surface area contributed by atoms with E-state index in [1.807, 2.05) is 24.5 Å². The molecule has 1 rings (SSSR count). The SMILES string of the molecule is CCCOc1cc(/C=N\N=C(/N)SC)ccc1OC. The Morgan fingerprint density at radius 3 is 2.84 bits per heavy atom. The highest BCUT2D eigenvalue weighted by molar-refractivity contribution is 8.13. The van der Waals surface area contributed by atoms with E-state index in [4.69, 9.17) is 15.2 Å². The predicted molar refractivity (Wildman–Crippen MR) is 81.5 cm³/mol. The molecule has 0 saturated carbocycles. The first-order valence-electron chi connectivity index (χ1n) is 5.92. The Hall–Kier alpha value is -1.69. The van der Waals surface area contributed by atoms with Gasteiger partial charge in [-0.15, -0.1) is 5.10 Å². The number of thioether (sulfide) groups is 1. The molecule has 0 fully saturated rings. The Morgan fingerprint density at radius 2 is 2.21 bits per heavy atom. The van der Waals surface area contributed by atoms with E-state index in [-0.39, 0.29) is 0 Å². The molecule has 0 aromatic heterocycles. The number of ether oxygens (including phenoxy) is 2. The molecule has 2 N–H and O–H groups in total. The molecule has 1 aromatic rings. The minimum absolute atomic E-state index is 0.423. The van der Waals surface area contributed by atoms with Crippen LogP contribution in [-0.4, -0.2) is 31.4 Å². The van der Waals surface area contributed by atoms with Gasteiger partial charge < -0.3 is 15.2 Å². The molecule has 6 heteroatoms. The molecule has 1 aromatic carbocycles. The lowest BCUT2D eigenvalue weighted by atomic mass is 10.2. The van der Waals surface area contributed by atoms with Gasteiger partial charge in [0.15, 0.2) is 16.7 Å². The van der Waals surface area contributed by atoms with Crippen molar-refractivity contribution in [3.05, 3.63) is 23.8 Å². The Kier molecular flexibility index (Phi) is 6.81. The van der Waals surface area contributed by atoms with Crippen LogP contribution in [0.4, 0.5) is 0 Å². The van der Waals surface area contributed by atoms with Crippen molar-refractivity contribution in [1.29, 1.82) is 0 Å². The van der Waals surface area contributed by atoms with Crippen molar-refractivity contribution in [2.75, 3.05) is 20.0 Å². The molecule has 0 aliphatic heterocycles. The summed E-state index contributed by atoms with van der Waals surface area (Å²) in [5, 5.41) is 8.16. The van der Waals surface area contributed by atoms with Crippen molar-refractivity contribution in [2.24, 2.45) is 15.9 Å². The van der Waals surface area contributed by atoms with Gasteiger partial charge in [-0.2, -0.15) is 5.10 Å². The molecule has 0 atom stereocenters. The van der Waals surface area contributed by atoms with Crippen LogP contribution >= 0.6 is 11.8 Å². The molecule has 0 spiro atoms. The number of amidine groups is 1. The van der Waals surface area contributed by atoms with Crippen LogP contribution in [0.25, 0.3) is 0 Å². The third-order valence-electron chi connectivity index (χ3n) is 2.22. The number of nitrogens with two attached hydrogens (primary N) is 1. The summed E-state index contributed by atoms with van der Waals surface area (Å²) in [6.07, 6.45) is 4.41. The molecular formula is C13H19N3O2S. The van der Waals surface area contributed by atoms with Gasteiger partial charge in [-0.3, -0.25) is 0 Å². The van der Waals surface area contributed by atoms with E-state index in [0.717, 1.165) is 12.0 Å². The van der Waals surface area contributed by atoms with Crippen LogP contribution in [0.3, 0.4) is 0 Å². The van der Waals surface area contributed by atoms with Crippen molar-refractivity contribution in [1.82, 2.24) is 0 Å². The van der Waals surface area contributed by atoms with Crippen molar-refractivity contribution < 1.29 is 9.47 Å². The Morgan fingerprint density at radius 1 is 1.42 bits per heavy atom. The maximum absolute atomic E-state index is 5.62. The molecule has 0 bridgehead atoms. The van der Waals surface area contributed by atoms with Gasteiger partial charge in [0.1, 0.15) is 0 Å². The van der Waals surface area contributed by atoms with E-state index in [0.29, 0.717) is 23.3 Å². The van der Waals surface area contributed by atoms with Crippen LogP contribution in [0.1, 0.15) is 18.9 Å².